The minimum absolute atomic E-state index is 0.229. The van der Waals surface area contributed by atoms with Crippen molar-refractivity contribution in [3.05, 3.63) is 155 Å². The highest BCUT2D eigenvalue weighted by Crippen LogP contribution is 2.30. The lowest BCUT2D eigenvalue weighted by Gasteiger charge is -2.13. The summed E-state index contributed by atoms with van der Waals surface area (Å²) in [5.41, 5.74) is 6.02. The fourth-order valence-electron chi connectivity index (χ4n) is 4.73. The monoisotopic (exact) mass is 666 g/mol. The third kappa shape index (κ3) is 10.2. The lowest BCUT2D eigenvalue weighted by atomic mass is 9.92. The van der Waals surface area contributed by atoms with Gasteiger partial charge in [-0.3, -0.25) is 0 Å². The number of benzene rings is 4. The molecule has 0 unspecified atom stereocenters. The molecule has 0 saturated carbocycles. The molecular weight excluding hydrogens is 632 g/mol. The molecule has 0 atom stereocenters. The first-order valence-electron chi connectivity index (χ1n) is 15.5. The van der Waals surface area contributed by atoms with Gasteiger partial charge in [-0.05, 0) is 70.8 Å². The van der Waals surface area contributed by atoms with Crippen molar-refractivity contribution in [2.24, 2.45) is 0 Å². The first-order valence-corrected chi connectivity index (χ1v) is 15.5. The number of methoxy groups -OCH3 is 2. The highest BCUT2D eigenvalue weighted by atomic mass is 16.5. The summed E-state index contributed by atoms with van der Waals surface area (Å²) in [6, 6.07) is 25.3. The lowest BCUT2D eigenvalue weighted by Crippen LogP contribution is -2.08. The quantitative estimate of drug-likeness (QED) is 0.0799. The van der Waals surface area contributed by atoms with Crippen LogP contribution >= 0.6 is 0 Å². The molecule has 0 amide bonds. The smallest absolute Gasteiger partial charge is 0.338 e. The topological polar surface area (TPSA) is 105 Å². The predicted octanol–water partition coefficient (Wildman–Crippen LogP) is 6.27. The largest absolute Gasteiger partial charge is 0.465 e. The molecule has 250 valence electrons. The second-order valence-corrected chi connectivity index (χ2v) is 10.6. The molecule has 8 heteroatoms. The van der Waals surface area contributed by atoms with Crippen LogP contribution in [0.2, 0.25) is 0 Å². The Morgan fingerprint density at radius 1 is 0.540 bits per heavy atom. The summed E-state index contributed by atoms with van der Waals surface area (Å²) in [7, 11) is 2.57. The van der Waals surface area contributed by atoms with Crippen LogP contribution in [-0.4, -0.2) is 51.3 Å². The van der Waals surface area contributed by atoms with Crippen LogP contribution in [0.5, 0.6) is 0 Å². The van der Waals surface area contributed by atoms with E-state index in [-0.39, 0.29) is 24.3 Å². The maximum atomic E-state index is 13.0. The summed E-state index contributed by atoms with van der Waals surface area (Å²) in [6.45, 7) is 7.26. The Balaban J connectivity index is 1.56. The van der Waals surface area contributed by atoms with Crippen molar-refractivity contribution in [2.75, 3.05) is 27.4 Å². The average Bonchev–Trinajstić information content (AvgIpc) is 3.16. The fraction of sp³-hybridized carbons (Fsp3) is 0.143. The molecule has 0 aliphatic carbocycles. The molecule has 0 fully saturated rings. The van der Waals surface area contributed by atoms with Gasteiger partial charge in [-0.25, -0.2) is 19.2 Å². The molecule has 4 aromatic carbocycles. The van der Waals surface area contributed by atoms with Gasteiger partial charge < -0.3 is 18.9 Å². The number of carbonyl (C=O) groups excluding carboxylic acids is 4. The highest BCUT2D eigenvalue weighted by molar-refractivity contribution is 6.03. The Morgan fingerprint density at radius 3 is 1.22 bits per heavy atom. The van der Waals surface area contributed by atoms with E-state index < -0.39 is 23.9 Å². The summed E-state index contributed by atoms with van der Waals surface area (Å²) >= 11 is 0. The van der Waals surface area contributed by atoms with Gasteiger partial charge in [0, 0.05) is 47.2 Å². The van der Waals surface area contributed by atoms with Crippen LogP contribution in [0.1, 0.15) is 54.1 Å². The van der Waals surface area contributed by atoms with Gasteiger partial charge in [0.1, 0.15) is 0 Å². The number of hydrogen-bond donors (Lipinski definition) is 0. The molecule has 50 heavy (non-hydrogen) atoms. The zero-order valence-corrected chi connectivity index (χ0v) is 27.7. The van der Waals surface area contributed by atoms with E-state index in [9.17, 15) is 19.2 Å². The van der Waals surface area contributed by atoms with Gasteiger partial charge in [0.25, 0.3) is 0 Å². The van der Waals surface area contributed by atoms with Crippen LogP contribution in [0.25, 0.3) is 11.1 Å². The standard InChI is InChI=1S/C42H34O8/c1-5-39(43)49-25-23-31-11-7-29(8-12-31)15-17-33-19-21-35(37(27-33)41(45)47-3)36-22-20-34(28-38(36)42(46)48-4)18-16-30-9-13-32(14-10-30)24-26-50-40(44)6-2/h5-14,19-22,27-28H,1-2,23-26H2,3-4H3. The molecule has 0 saturated heterocycles. The SMILES string of the molecule is C=CC(=O)OCCc1ccc(C#Cc2ccc(-c3ccc(C#Cc4ccc(CCOC(=O)C=C)cc4)cc3C(=O)OC)c(C(=O)OC)c2)cc1. The average molecular weight is 667 g/mol. The Kier molecular flexibility index (Phi) is 13.1. The zero-order chi connectivity index (χ0) is 35.9. The Labute approximate surface area is 291 Å². The van der Waals surface area contributed by atoms with E-state index in [0.29, 0.717) is 35.1 Å². The number of carbonyl (C=O) groups is 4. The van der Waals surface area contributed by atoms with E-state index in [0.717, 1.165) is 34.4 Å². The molecule has 0 aromatic heterocycles. The van der Waals surface area contributed by atoms with Crippen LogP contribution in [0.4, 0.5) is 0 Å². The second kappa shape index (κ2) is 18.1. The summed E-state index contributed by atoms with van der Waals surface area (Å²) in [4.78, 5) is 48.4. The van der Waals surface area contributed by atoms with Crippen molar-refractivity contribution in [1.82, 2.24) is 0 Å². The van der Waals surface area contributed by atoms with Gasteiger partial charge in [-0.2, -0.15) is 0 Å². The third-order valence-corrected chi connectivity index (χ3v) is 7.35. The third-order valence-electron chi connectivity index (χ3n) is 7.35. The van der Waals surface area contributed by atoms with E-state index in [1.54, 1.807) is 36.4 Å². The molecule has 0 heterocycles. The lowest BCUT2D eigenvalue weighted by molar-refractivity contribution is -0.138. The Hall–Kier alpha value is -6.64. The molecular formula is C42H34O8. The van der Waals surface area contributed by atoms with Crippen molar-refractivity contribution >= 4 is 23.9 Å². The van der Waals surface area contributed by atoms with E-state index in [1.807, 2.05) is 48.5 Å². The van der Waals surface area contributed by atoms with Gasteiger partial charge in [0.2, 0.25) is 0 Å². The maximum absolute atomic E-state index is 13.0. The minimum atomic E-state index is -0.591. The number of ether oxygens (including phenoxy) is 4. The highest BCUT2D eigenvalue weighted by Gasteiger charge is 2.20. The fourth-order valence-corrected chi connectivity index (χ4v) is 4.73. The summed E-state index contributed by atoms with van der Waals surface area (Å²) in [5, 5.41) is 0. The molecule has 8 nitrogen and oxygen atoms in total. The number of rotatable bonds is 11. The van der Waals surface area contributed by atoms with Gasteiger partial charge in [0.15, 0.2) is 0 Å². The van der Waals surface area contributed by atoms with E-state index >= 15 is 0 Å². The van der Waals surface area contributed by atoms with Crippen molar-refractivity contribution in [3.8, 4) is 34.8 Å². The molecule has 0 spiro atoms. The van der Waals surface area contributed by atoms with E-state index in [2.05, 4.69) is 36.8 Å². The molecule has 0 bridgehead atoms. The summed E-state index contributed by atoms with van der Waals surface area (Å²) < 4.78 is 20.2. The first-order chi connectivity index (χ1) is 24.2. The van der Waals surface area contributed by atoms with Crippen molar-refractivity contribution in [1.29, 1.82) is 0 Å². The second-order valence-electron chi connectivity index (χ2n) is 10.6. The van der Waals surface area contributed by atoms with Gasteiger partial charge in [-0.1, -0.05) is 73.2 Å². The predicted molar refractivity (Wildman–Crippen MR) is 189 cm³/mol. The molecule has 0 N–H and O–H groups in total. The maximum Gasteiger partial charge on any atom is 0.338 e. The zero-order valence-electron chi connectivity index (χ0n) is 27.7. The minimum Gasteiger partial charge on any atom is -0.465 e. The van der Waals surface area contributed by atoms with Crippen molar-refractivity contribution in [3.63, 3.8) is 0 Å². The van der Waals surface area contributed by atoms with Crippen LogP contribution in [-0.2, 0) is 41.4 Å². The number of esters is 4. The van der Waals surface area contributed by atoms with Crippen molar-refractivity contribution in [2.45, 2.75) is 12.8 Å². The Bertz CT molecular complexity index is 1880. The van der Waals surface area contributed by atoms with Gasteiger partial charge in [-0.15, -0.1) is 0 Å². The van der Waals surface area contributed by atoms with Crippen LogP contribution < -0.4 is 0 Å². The van der Waals surface area contributed by atoms with E-state index in [1.165, 1.54) is 14.2 Å². The molecule has 0 aliphatic heterocycles. The normalized spacial score (nSPS) is 9.88. The molecule has 4 aromatic rings. The summed E-state index contributed by atoms with van der Waals surface area (Å²) in [6.07, 6.45) is 3.38. The van der Waals surface area contributed by atoms with Crippen LogP contribution in [0, 0.1) is 23.7 Å². The molecule has 0 radical (unpaired) electrons. The molecule has 0 aliphatic rings. The van der Waals surface area contributed by atoms with Crippen molar-refractivity contribution < 1.29 is 38.1 Å². The number of hydrogen-bond acceptors (Lipinski definition) is 8. The summed E-state index contributed by atoms with van der Waals surface area (Å²) in [5.74, 6) is 10.3. The first kappa shape index (κ1) is 36.2. The Morgan fingerprint density at radius 2 is 0.880 bits per heavy atom. The van der Waals surface area contributed by atoms with Gasteiger partial charge in [0.05, 0.1) is 38.6 Å². The van der Waals surface area contributed by atoms with Crippen LogP contribution in [0.15, 0.2) is 110 Å². The molecule has 4 rings (SSSR count). The van der Waals surface area contributed by atoms with E-state index in [4.69, 9.17) is 18.9 Å². The van der Waals surface area contributed by atoms with Gasteiger partial charge >= 0.3 is 23.9 Å². The van der Waals surface area contributed by atoms with Crippen LogP contribution in [0.3, 0.4) is 0 Å².